The third kappa shape index (κ3) is 5.25. The van der Waals surface area contributed by atoms with Crippen LogP contribution in [-0.4, -0.2) is 25.6 Å². The minimum Gasteiger partial charge on any atom is -0.325 e. The van der Waals surface area contributed by atoms with Crippen molar-refractivity contribution in [2.75, 3.05) is 5.32 Å². The molecule has 0 fully saturated rings. The maximum atomic E-state index is 13.5. The third-order valence-electron chi connectivity index (χ3n) is 4.49. The molecule has 0 saturated carbocycles. The molecule has 0 spiro atoms. The molecule has 1 unspecified atom stereocenters. The lowest BCUT2D eigenvalue weighted by atomic mass is 10.2. The summed E-state index contributed by atoms with van der Waals surface area (Å²) in [6, 6.07) is 7.94. The van der Waals surface area contributed by atoms with Crippen molar-refractivity contribution in [2.45, 2.75) is 37.7 Å². The summed E-state index contributed by atoms with van der Waals surface area (Å²) in [6.07, 6.45) is 0. The number of nitro benzene ring substituents is 1. The summed E-state index contributed by atoms with van der Waals surface area (Å²) in [7, 11) is 0. The minimum atomic E-state index is -0.993. The molecule has 11 heteroatoms. The molecular formula is C21H20ClFN4O4S. The van der Waals surface area contributed by atoms with Crippen molar-refractivity contribution in [1.82, 2.24) is 9.55 Å². The van der Waals surface area contributed by atoms with Crippen LogP contribution >= 0.6 is 23.4 Å². The number of benzene rings is 2. The Bertz CT molecular complexity index is 1260. The van der Waals surface area contributed by atoms with Crippen LogP contribution in [0.5, 0.6) is 0 Å². The van der Waals surface area contributed by atoms with Gasteiger partial charge in [-0.15, -0.1) is 0 Å². The van der Waals surface area contributed by atoms with E-state index in [9.17, 15) is 24.1 Å². The van der Waals surface area contributed by atoms with E-state index in [-0.39, 0.29) is 17.2 Å². The van der Waals surface area contributed by atoms with E-state index in [0.717, 1.165) is 23.9 Å². The van der Waals surface area contributed by atoms with E-state index in [2.05, 4.69) is 10.3 Å². The zero-order valence-electron chi connectivity index (χ0n) is 17.5. The number of halogens is 2. The Labute approximate surface area is 191 Å². The van der Waals surface area contributed by atoms with Gasteiger partial charge in [-0.05, 0) is 43.2 Å². The number of amides is 1. The fraction of sp³-hybridized carbons (Fsp3) is 0.286. The first-order chi connectivity index (χ1) is 15.1. The second-order valence-corrected chi connectivity index (χ2v) is 9.28. The fourth-order valence-corrected chi connectivity index (χ4v) is 4.06. The highest BCUT2D eigenvalue weighted by atomic mass is 35.5. The van der Waals surface area contributed by atoms with Gasteiger partial charge in [0, 0.05) is 23.3 Å². The van der Waals surface area contributed by atoms with Gasteiger partial charge < -0.3 is 5.32 Å². The quantitative estimate of drug-likeness (QED) is 0.224. The van der Waals surface area contributed by atoms with Crippen molar-refractivity contribution < 1.29 is 14.1 Å². The van der Waals surface area contributed by atoms with E-state index in [0.29, 0.717) is 27.6 Å². The second kappa shape index (κ2) is 9.66. The van der Waals surface area contributed by atoms with E-state index in [4.69, 9.17) is 11.6 Å². The number of hydrogen-bond acceptors (Lipinski definition) is 6. The van der Waals surface area contributed by atoms with E-state index in [1.54, 1.807) is 25.1 Å². The molecule has 0 bridgehead atoms. The Morgan fingerprint density at radius 1 is 1.28 bits per heavy atom. The van der Waals surface area contributed by atoms with Crippen molar-refractivity contribution in [1.29, 1.82) is 0 Å². The number of aromatic nitrogens is 2. The first kappa shape index (κ1) is 23.7. The van der Waals surface area contributed by atoms with Gasteiger partial charge in [0.1, 0.15) is 0 Å². The molecule has 3 rings (SSSR count). The zero-order valence-corrected chi connectivity index (χ0v) is 19.0. The highest BCUT2D eigenvalue weighted by molar-refractivity contribution is 8.00. The molecule has 1 heterocycles. The Balaban J connectivity index is 1.90. The smallest absolute Gasteiger partial charge is 0.306 e. The highest BCUT2D eigenvalue weighted by Gasteiger charge is 2.22. The molecule has 1 atom stereocenters. The average Bonchev–Trinajstić information content (AvgIpc) is 2.71. The van der Waals surface area contributed by atoms with Crippen LogP contribution in [-0.2, 0) is 11.3 Å². The van der Waals surface area contributed by atoms with Crippen molar-refractivity contribution in [3.8, 4) is 0 Å². The van der Waals surface area contributed by atoms with Crippen LogP contribution in [0.1, 0.15) is 20.8 Å². The predicted molar refractivity (Wildman–Crippen MR) is 123 cm³/mol. The molecule has 1 amide bonds. The normalized spacial score (nSPS) is 12.2. The summed E-state index contributed by atoms with van der Waals surface area (Å²) in [5, 5.41) is 14.0. The Hall–Kier alpha value is -2.98. The summed E-state index contributed by atoms with van der Waals surface area (Å²) in [4.78, 5) is 40.3. The molecule has 32 heavy (non-hydrogen) atoms. The van der Waals surface area contributed by atoms with Gasteiger partial charge in [-0.1, -0.05) is 37.2 Å². The van der Waals surface area contributed by atoms with Gasteiger partial charge in [0.15, 0.2) is 5.16 Å². The Kier molecular flexibility index (Phi) is 7.15. The molecule has 1 aromatic heterocycles. The summed E-state index contributed by atoms with van der Waals surface area (Å²) in [5.41, 5.74) is -0.452. The molecular weight excluding hydrogens is 459 g/mol. The Morgan fingerprint density at radius 2 is 2.00 bits per heavy atom. The number of thioether (sulfide) groups is 1. The van der Waals surface area contributed by atoms with Crippen LogP contribution in [0.4, 0.5) is 15.8 Å². The topological polar surface area (TPSA) is 107 Å². The maximum absolute atomic E-state index is 13.5. The van der Waals surface area contributed by atoms with Crippen LogP contribution in [0.3, 0.4) is 0 Å². The molecule has 0 aliphatic heterocycles. The van der Waals surface area contributed by atoms with Crippen LogP contribution in [0, 0.1) is 21.8 Å². The lowest BCUT2D eigenvalue weighted by Gasteiger charge is -2.17. The molecule has 0 saturated heterocycles. The fourth-order valence-electron chi connectivity index (χ4n) is 2.98. The number of hydrogen-bond donors (Lipinski definition) is 1. The highest BCUT2D eigenvalue weighted by Crippen LogP contribution is 2.27. The lowest BCUT2D eigenvalue weighted by molar-refractivity contribution is -0.387. The summed E-state index contributed by atoms with van der Waals surface area (Å²) >= 11 is 7.12. The van der Waals surface area contributed by atoms with Crippen molar-refractivity contribution in [2.24, 2.45) is 5.92 Å². The van der Waals surface area contributed by atoms with Crippen LogP contribution in [0.15, 0.2) is 46.3 Å². The van der Waals surface area contributed by atoms with Gasteiger partial charge in [-0.25, -0.2) is 4.98 Å². The monoisotopic (exact) mass is 478 g/mol. The standard InChI is InChI=1S/C21H20ClFN4O4S/c1-11(2)10-26-20(29)15-6-4-13(22)8-17(15)25-21(26)32-12(3)19(28)24-14-5-7-16(23)18(9-14)27(30)31/h4-9,11-12H,10H2,1-3H3,(H,24,28). The van der Waals surface area contributed by atoms with Gasteiger partial charge in [-0.2, -0.15) is 4.39 Å². The van der Waals surface area contributed by atoms with Crippen molar-refractivity contribution in [3.63, 3.8) is 0 Å². The minimum absolute atomic E-state index is 0.0911. The molecule has 1 N–H and O–H groups in total. The molecule has 0 aliphatic rings. The summed E-state index contributed by atoms with van der Waals surface area (Å²) in [6.45, 7) is 5.95. The summed E-state index contributed by atoms with van der Waals surface area (Å²) < 4.78 is 15.1. The summed E-state index contributed by atoms with van der Waals surface area (Å²) in [5.74, 6) is -1.32. The largest absolute Gasteiger partial charge is 0.325 e. The van der Waals surface area contributed by atoms with E-state index >= 15 is 0 Å². The zero-order chi connectivity index (χ0) is 23.6. The molecule has 0 radical (unpaired) electrons. The molecule has 168 valence electrons. The maximum Gasteiger partial charge on any atom is 0.306 e. The van der Waals surface area contributed by atoms with Crippen LogP contribution in [0.2, 0.25) is 5.02 Å². The number of carbonyl (C=O) groups excluding carboxylic acids is 1. The number of anilines is 1. The van der Waals surface area contributed by atoms with Crippen molar-refractivity contribution in [3.05, 3.63) is 67.7 Å². The SMILES string of the molecule is CC(C)Cn1c(SC(C)C(=O)Nc2ccc(F)c([N+](=O)[O-])c2)nc2cc(Cl)ccc2c1=O. The van der Waals surface area contributed by atoms with Gasteiger partial charge in [0.25, 0.3) is 5.56 Å². The molecule has 8 nitrogen and oxygen atoms in total. The average molecular weight is 479 g/mol. The van der Waals surface area contributed by atoms with Crippen LogP contribution in [0.25, 0.3) is 10.9 Å². The number of carbonyl (C=O) groups is 1. The number of fused-ring (bicyclic) bond motifs is 1. The van der Waals surface area contributed by atoms with E-state index < -0.39 is 27.6 Å². The lowest BCUT2D eigenvalue weighted by Crippen LogP contribution is -2.28. The third-order valence-corrected chi connectivity index (χ3v) is 5.82. The van der Waals surface area contributed by atoms with E-state index in [1.165, 1.54) is 10.6 Å². The first-order valence-corrected chi connectivity index (χ1v) is 10.9. The number of nitro groups is 1. The first-order valence-electron chi connectivity index (χ1n) is 9.68. The molecule has 3 aromatic rings. The second-order valence-electron chi connectivity index (χ2n) is 7.54. The predicted octanol–water partition coefficient (Wildman–Crippen LogP) is 4.87. The van der Waals surface area contributed by atoms with Gasteiger partial charge >= 0.3 is 5.69 Å². The van der Waals surface area contributed by atoms with Crippen molar-refractivity contribution >= 4 is 51.5 Å². The number of nitrogens with one attached hydrogen (secondary N) is 1. The van der Waals surface area contributed by atoms with Crippen LogP contribution < -0.4 is 10.9 Å². The van der Waals surface area contributed by atoms with E-state index in [1.807, 2.05) is 13.8 Å². The molecule has 2 aromatic carbocycles. The number of rotatable bonds is 7. The number of nitrogens with zero attached hydrogens (tertiary/aromatic N) is 3. The Morgan fingerprint density at radius 3 is 2.66 bits per heavy atom. The molecule has 0 aliphatic carbocycles. The van der Waals surface area contributed by atoms with Gasteiger partial charge in [0.05, 0.1) is 21.1 Å². The van der Waals surface area contributed by atoms with Gasteiger partial charge in [0.2, 0.25) is 11.7 Å². The van der Waals surface area contributed by atoms with Gasteiger partial charge in [-0.3, -0.25) is 24.3 Å².